The Labute approximate surface area is 165 Å². The molecule has 0 unspecified atom stereocenters. The molecule has 2 aromatic carbocycles. The first-order valence-electron chi connectivity index (χ1n) is 8.23. The van der Waals surface area contributed by atoms with Gasteiger partial charge in [-0.2, -0.15) is 5.10 Å². The number of nitrogens with zero attached hydrogens (tertiary/aromatic N) is 3. The number of anilines is 2. The fourth-order valence-corrected chi connectivity index (χ4v) is 2.68. The zero-order valence-corrected chi connectivity index (χ0v) is 15.4. The van der Waals surface area contributed by atoms with Gasteiger partial charge in [0.15, 0.2) is 10.7 Å². The predicted molar refractivity (Wildman–Crippen MR) is 110 cm³/mol. The normalized spacial score (nSPS) is 10.9. The molecule has 0 aliphatic heterocycles. The quantitative estimate of drug-likeness (QED) is 0.440. The lowest BCUT2D eigenvalue weighted by Gasteiger charge is -2.06. The Bertz CT molecular complexity index is 986. The summed E-state index contributed by atoms with van der Waals surface area (Å²) in [6.07, 6.45) is 4.99. The van der Waals surface area contributed by atoms with Crippen LogP contribution in [0.1, 0.15) is 16.1 Å². The van der Waals surface area contributed by atoms with E-state index in [2.05, 4.69) is 30.7 Å². The molecule has 8 nitrogen and oxygen atoms in total. The maximum atomic E-state index is 12.2. The van der Waals surface area contributed by atoms with Gasteiger partial charge in [0.2, 0.25) is 0 Å². The Morgan fingerprint density at radius 2 is 1.68 bits per heavy atom. The first kappa shape index (κ1) is 18.9. The monoisotopic (exact) mass is 392 g/mol. The van der Waals surface area contributed by atoms with Gasteiger partial charge in [-0.3, -0.25) is 10.1 Å². The first-order valence-corrected chi connectivity index (χ1v) is 9.00. The fourth-order valence-electron chi connectivity index (χ4n) is 2.12. The third kappa shape index (κ3) is 5.58. The standard InChI is InChI=1S/C19H16N6O2S/c26-17(24-20-13-7-10-14-8-3-1-4-9-14)16-18(28-25-23-16)22-19(27)21-15-11-5-2-6-12-15/h1-13H,(H,24,26)(H2,21,22,27). The van der Waals surface area contributed by atoms with Crippen molar-refractivity contribution in [2.45, 2.75) is 0 Å². The Hall–Kier alpha value is -3.85. The van der Waals surface area contributed by atoms with E-state index in [4.69, 9.17) is 0 Å². The number of hydrogen-bond acceptors (Lipinski definition) is 6. The number of hydrazone groups is 1. The van der Waals surface area contributed by atoms with Crippen molar-refractivity contribution >= 4 is 46.4 Å². The summed E-state index contributed by atoms with van der Waals surface area (Å²) in [6, 6.07) is 18.1. The molecule has 0 aliphatic rings. The summed E-state index contributed by atoms with van der Waals surface area (Å²) in [7, 11) is 0. The third-order valence-corrected chi connectivity index (χ3v) is 4.02. The second-order valence-corrected chi connectivity index (χ2v) is 6.14. The summed E-state index contributed by atoms with van der Waals surface area (Å²) in [6.45, 7) is 0. The summed E-state index contributed by atoms with van der Waals surface area (Å²) >= 11 is 0.898. The second-order valence-electron chi connectivity index (χ2n) is 5.38. The molecular weight excluding hydrogens is 376 g/mol. The van der Waals surface area contributed by atoms with Crippen LogP contribution in [0.25, 0.3) is 6.08 Å². The second kappa shape index (κ2) is 9.74. The molecule has 0 spiro atoms. The van der Waals surface area contributed by atoms with E-state index in [1.807, 2.05) is 42.5 Å². The van der Waals surface area contributed by atoms with Gasteiger partial charge < -0.3 is 5.32 Å². The van der Waals surface area contributed by atoms with Gasteiger partial charge in [0, 0.05) is 23.4 Å². The zero-order chi connectivity index (χ0) is 19.6. The molecule has 1 aromatic heterocycles. The molecule has 0 saturated heterocycles. The Morgan fingerprint density at radius 3 is 2.43 bits per heavy atom. The number of amides is 3. The topological polar surface area (TPSA) is 108 Å². The van der Waals surface area contributed by atoms with Gasteiger partial charge in [-0.05, 0) is 23.8 Å². The summed E-state index contributed by atoms with van der Waals surface area (Å²) < 4.78 is 3.71. The van der Waals surface area contributed by atoms with E-state index in [-0.39, 0.29) is 10.7 Å². The molecular formula is C19H16N6O2S. The lowest BCUT2D eigenvalue weighted by atomic mass is 10.2. The number of hydrogen-bond donors (Lipinski definition) is 3. The van der Waals surface area contributed by atoms with Crippen LogP contribution in [0, 0.1) is 0 Å². The first-order chi connectivity index (χ1) is 13.7. The molecule has 3 amide bonds. The molecule has 0 radical (unpaired) electrons. The highest BCUT2D eigenvalue weighted by atomic mass is 32.1. The maximum absolute atomic E-state index is 12.2. The Kier molecular flexibility index (Phi) is 6.58. The Morgan fingerprint density at radius 1 is 0.964 bits per heavy atom. The van der Waals surface area contributed by atoms with E-state index < -0.39 is 11.9 Å². The molecule has 3 N–H and O–H groups in total. The van der Waals surface area contributed by atoms with Crippen LogP contribution in [0.3, 0.4) is 0 Å². The lowest BCUT2D eigenvalue weighted by Crippen LogP contribution is -2.23. The van der Waals surface area contributed by atoms with Gasteiger partial charge in [-0.1, -0.05) is 59.1 Å². The average Bonchev–Trinajstić information content (AvgIpc) is 3.17. The summed E-state index contributed by atoms with van der Waals surface area (Å²) in [5.41, 5.74) is 3.97. The maximum Gasteiger partial charge on any atom is 0.324 e. The number of carbonyl (C=O) groups is 2. The SMILES string of the molecule is O=C(Nc1ccccc1)Nc1snnc1C(=O)NN=CC=Cc1ccccc1. The van der Waals surface area contributed by atoms with Crippen LogP contribution < -0.4 is 16.1 Å². The molecule has 28 heavy (non-hydrogen) atoms. The molecule has 0 saturated carbocycles. The van der Waals surface area contributed by atoms with E-state index >= 15 is 0 Å². The molecule has 3 rings (SSSR count). The number of nitrogens with one attached hydrogen (secondary N) is 3. The summed E-state index contributed by atoms with van der Waals surface area (Å²) in [5, 5.41) is 13.0. The van der Waals surface area contributed by atoms with Gasteiger partial charge in [-0.15, -0.1) is 5.10 Å². The van der Waals surface area contributed by atoms with Gasteiger partial charge >= 0.3 is 6.03 Å². The van der Waals surface area contributed by atoms with Crippen LogP contribution in [0.4, 0.5) is 15.5 Å². The van der Waals surface area contributed by atoms with Crippen molar-refractivity contribution < 1.29 is 9.59 Å². The average molecular weight is 392 g/mol. The summed E-state index contributed by atoms with van der Waals surface area (Å²) in [5.74, 6) is -0.576. The smallest absolute Gasteiger partial charge is 0.308 e. The molecule has 3 aromatic rings. The van der Waals surface area contributed by atoms with Crippen molar-refractivity contribution in [3.8, 4) is 0 Å². The van der Waals surface area contributed by atoms with Crippen LogP contribution in [0.2, 0.25) is 0 Å². The molecule has 0 fully saturated rings. The number of para-hydroxylation sites is 1. The molecule has 0 aliphatic carbocycles. The number of urea groups is 1. The van der Waals surface area contributed by atoms with Crippen LogP contribution >= 0.6 is 11.5 Å². The van der Waals surface area contributed by atoms with Crippen LogP contribution in [0.15, 0.2) is 71.8 Å². The van der Waals surface area contributed by atoms with Crippen molar-refractivity contribution in [1.29, 1.82) is 0 Å². The van der Waals surface area contributed by atoms with Crippen LogP contribution in [-0.2, 0) is 0 Å². The Balaban J connectivity index is 1.53. The number of carbonyl (C=O) groups excluding carboxylic acids is 2. The van der Waals surface area contributed by atoms with Crippen LogP contribution in [-0.4, -0.2) is 27.7 Å². The highest BCUT2D eigenvalue weighted by Crippen LogP contribution is 2.18. The highest BCUT2D eigenvalue weighted by Gasteiger charge is 2.18. The number of aromatic nitrogens is 2. The van der Waals surface area contributed by atoms with Gasteiger partial charge in [0.1, 0.15) is 0 Å². The fraction of sp³-hybridized carbons (Fsp3) is 0. The third-order valence-electron chi connectivity index (χ3n) is 3.38. The van der Waals surface area contributed by atoms with Crippen molar-refractivity contribution in [2.24, 2.45) is 5.10 Å². The minimum atomic E-state index is -0.576. The molecule has 0 bridgehead atoms. The molecule has 0 atom stereocenters. The van der Waals surface area contributed by atoms with Crippen molar-refractivity contribution in [2.75, 3.05) is 10.6 Å². The van der Waals surface area contributed by atoms with Crippen LogP contribution in [0.5, 0.6) is 0 Å². The highest BCUT2D eigenvalue weighted by molar-refractivity contribution is 7.10. The van der Waals surface area contributed by atoms with E-state index in [1.165, 1.54) is 6.21 Å². The van der Waals surface area contributed by atoms with E-state index in [1.54, 1.807) is 30.3 Å². The number of rotatable bonds is 6. The zero-order valence-electron chi connectivity index (χ0n) is 14.6. The van der Waals surface area contributed by atoms with Crippen molar-refractivity contribution in [1.82, 2.24) is 15.0 Å². The minimum absolute atomic E-state index is 0.0163. The van der Waals surface area contributed by atoms with Crippen molar-refractivity contribution in [3.63, 3.8) is 0 Å². The molecule has 140 valence electrons. The molecule has 1 heterocycles. The van der Waals surface area contributed by atoms with E-state index in [0.29, 0.717) is 5.69 Å². The molecule has 9 heteroatoms. The summed E-state index contributed by atoms with van der Waals surface area (Å²) in [4.78, 5) is 24.2. The van der Waals surface area contributed by atoms with E-state index in [0.717, 1.165) is 17.1 Å². The number of allylic oxidation sites excluding steroid dienone is 1. The predicted octanol–water partition coefficient (Wildman–Crippen LogP) is 3.61. The minimum Gasteiger partial charge on any atom is -0.308 e. The largest absolute Gasteiger partial charge is 0.324 e. The van der Waals surface area contributed by atoms with E-state index in [9.17, 15) is 9.59 Å². The number of benzene rings is 2. The van der Waals surface area contributed by atoms with Gasteiger partial charge in [-0.25, -0.2) is 10.2 Å². The van der Waals surface area contributed by atoms with Crippen molar-refractivity contribution in [3.05, 3.63) is 78.0 Å². The van der Waals surface area contributed by atoms with Gasteiger partial charge in [0.25, 0.3) is 5.91 Å². The van der Waals surface area contributed by atoms with Gasteiger partial charge in [0.05, 0.1) is 0 Å². The lowest BCUT2D eigenvalue weighted by molar-refractivity contribution is 0.0951.